The highest BCUT2D eigenvalue weighted by atomic mass is 35.5. The number of rotatable bonds is 2. The van der Waals surface area contributed by atoms with Crippen LogP contribution in [0.2, 0.25) is 10.0 Å². The summed E-state index contributed by atoms with van der Waals surface area (Å²) >= 11 is 11.7. The van der Waals surface area contributed by atoms with Crippen LogP contribution in [0.25, 0.3) is 0 Å². The van der Waals surface area contributed by atoms with E-state index in [0.717, 1.165) is 0 Å². The van der Waals surface area contributed by atoms with Crippen molar-refractivity contribution in [2.75, 3.05) is 11.1 Å². The molecule has 2 aromatic rings. The zero-order chi connectivity index (χ0) is 14.0. The lowest BCUT2D eigenvalue weighted by atomic mass is 10.2. The molecule has 0 unspecified atom stereocenters. The molecule has 0 aliphatic rings. The van der Waals surface area contributed by atoms with Crippen LogP contribution in [0.5, 0.6) is 0 Å². The van der Waals surface area contributed by atoms with E-state index in [0.29, 0.717) is 16.4 Å². The van der Waals surface area contributed by atoms with E-state index in [1.54, 1.807) is 12.1 Å². The SMILES string of the molecule is Nc1ccc(NC(=O)c2cccc(F)c2Cl)c(Cl)c1. The minimum absolute atomic E-state index is 0.0366. The quantitative estimate of drug-likeness (QED) is 0.824. The number of hydrogen-bond donors (Lipinski definition) is 2. The second-order valence-electron chi connectivity index (χ2n) is 3.79. The summed E-state index contributed by atoms with van der Waals surface area (Å²) in [6.07, 6.45) is 0. The van der Waals surface area contributed by atoms with E-state index in [2.05, 4.69) is 5.32 Å². The summed E-state index contributed by atoms with van der Waals surface area (Å²) in [5.41, 5.74) is 6.44. The molecule has 98 valence electrons. The van der Waals surface area contributed by atoms with E-state index >= 15 is 0 Å². The van der Waals surface area contributed by atoms with Crippen LogP contribution in [0, 0.1) is 5.82 Å². The Morgan fingerprint density at radius 1 is 1.21 bits per heavy atom. The maximum absolute atomic E-state index is 13.3. The van der Waals surface area contributed by atoms with Gasteiger partial charge in [-0.15, -0.1) is 0 Å². The van der Waals surface area contributed by atoms with Crippen LogP contribution in [-0.4, -0.2) is 5.91 Å². The van der Waals surface area contributed by atoms with E-state index in [1.807, 2.05) is 0 Å². The number of nitrogens with two attached hydrogens (primary N) is 1. The molecule has 3 nitrogen and oxygen atoms in total. The van der Waals surface area contributed by atoms with Crippen molar-refractivity contribution in [2.24, 2.45) is 0 Å². The third kappa shape index (κ3) is 2.97. The van der Waals surface area contributed by atoms with Crippen LogP contribution in [0.4, 0.5) is 15.8 Å². The zero-order valence-electron chi connectivity index (χ0n) is 9.58. The highest BCUT2D eigenvalue weighted by molar-refractivity contribution is 6.36. The molecule has 0 aliphatic heterocycles. The molecule has 0 saturated heterocycles. The molecule has 0 spiro atoms. The topological polar surface area (TPSA) is 55.1 Å². The van der Waals surface area contributed by atoms with Gasteiger partial charge in [0.2, 0.25) is 0 Å². The Morgan fingerprint density at radius 3 is 2.63 bits per heavy atom. The molecule has 0 aliphatic carbocycles. The van der Waals surface area contributed by atoms with Gasteiger partial charge in [-0.25, -0.2) is 4.39 Å². The van der Waals surface area contributed by atoms with Gasteiger partial charge in [0.05, 0.1) is 21.3 Å². The van der Waals surface area contributed by atoms with E-state index in [9.17, 15) is 9.18 Å². The number of carbonyl (C=O) groups excluding carboxylic acids is 1. The molecule has 0 radical (unpaired) electrons. The van der Waals surface area contributed by atoms with Crippen LogP contribution >= 0.6 is 23.2 Å². The van der Waals surface area contributed by atoms with Gasteiger partial charge < -0.3 is 11.1 Å². The number of nitrogen functional groups attached to an aromatic ring is 1. The Morgan fingerprint density at radius 2 is 1.95 bits per heavy atom. The molecule has 0 saturated carbocycles. The Bertz CT molecular complexity index is 647. The van der Waals surface area contributed by atoms with Crippen molar-refractivity contribution in [3.05, 3.63) is 57.8 Å². The Hall–Kier alpha value is -1.78. The Kier molecular flexibility index (Phi) is 3.93. The first-order valence-electron chi connectivity index (χ1n) is 5.29. The van der Waals surface area contributed by atoms with Crippen LogP contribution in [0.1, 0.15) is 10.4 Å². The minimum atomic E-state index is -0.655. The first kappa shape index (κ1) is 13.6. The smallest absolute Gasteiger partial charge is 0.257 e. The van der Waals surface area contributed by atoms with Crippen molar-refractivity contribution in [1.29, 1.82) is 0 Å². The van der Waals surface area contributed by atoms with Gasteiger partial charge in [0.25, 0.3) is 5.91 Å². The fourth-order valence-corrected chi connectivity index (χ4v) is 1.95. The second-order valence-corrected chi connectivity index (χ2v) is 4.58. The maximum Gasteiger partial charge on any atom is 0.257 e. The number of carbonyl (C=O) groups is 1. The summed E-state index contributed by atoms with van der Waals surface area (Å²) in [6, 6.07) is 8.66. The predicted molar refractivity (Wildman–Crippen MR) is 75.2 cm³/mol. The molecule has 19 heavy (non-hydrogen) atoms. The first-order valence-corrected chi connectivity index (χ1v) is 6.05. The summed E-state index contributed by atoms with van der Waals surface area (Å²) in [5, 5.41) is 2.61. The fourth-order valence-electron chi connectivity index (χ4n) is 1.50. The lowest BCUT2D eigenvalue weighted by Crippen LogP contribution is -2.13. The largest absolute Gasteiger partial charge is 0.399 e. The molecule has 2 aromatic carbocycles. The molecule has 3 N–H and O–H groups in total. The standard InChI is InChI=1S/C13H9Cl2FN2O/c14-9-6-7(17)4-5-11(9)18-13(19)8-2-1-3-10(16)12(8)15/h1-6H,17H2,(H,18,19). The van der Waals surface area contributed by atoms with Gasteiger partial charge in [-0.05, 0) is 30.3 Å². The van der Waals surface area contributed by atoms with Crippen molar-refractivity contribution in [1.82, 2.24) is 0 Å². The lowest BCUT2D eigenvalue weighted by molar-refractivity contribution is 0.102. The number of nitrogens with one attached hydrogen (secondary N) is 1. The van der Waals surface area contributed by atoms with Gasteiger partial charge in [0, 0.05) is 5.69 Å². The molecule has 1 amide bonds. The summed E-state index contributed by atoms with van der Waals surface area (Å²) in [7, 11) is 0. The van der Waals surface area contributed by atoms with Gasteiger partial charge in [0.1, 0.15) is 5.82 Å². The highest BCUT2D eigenvalue weighted by Gasteiger charge is 2.14. The fraction of sp³-hybridized carbons (Fsp3) is 0. The van der Waals surface area contributed by atoms with Gasteiger partial charge in [-0.2, -0.15) is 0 Å². The van der Waals surface area contributed by atoms with Crippen molar-refractivity contribution < 1.29 is 9.18 Å². The lowest BCUT2D eigenvalue weighted by Gasteiger charge is -2.09. The molecule has 0 fully saturated rings. The van der Waals surface area contributed by atoms with Gasteiger partial charge in [-0.1, -0.05) is 29.3 Å². The molecular weight excluding hydrogens is 290 g/mol. The summed E-state index contributed by atoms with van der Waals surface area (Å²) < 4.78 is 13.3. The Balaban J connectivity index is 2.28. The van der Waals surface area contributed by atoms with Crippen molar-refractivity contribution >= 4 is 40.5 Å². The molecule has 0 atom stereocenters. The number of benzene rings is 2. The van der Waals surface area contributed by atoms with Crippen LogP contribution in [0.3, 0.4) is 0 Å². The van der Waals surface area contributed by atoms with Crippen LogP contribution in [0.15, 0.2) is 36.4 Å². The number of halogens is 3. The molecule has 0 bridgehead atoms. The molecule has 6 heteroatoms. The van der Waals surface area contributed by atoms with E-state index < -0.39 is 11.7 Å². The van der Waals surface area contributed by atoms with Crippen molar-refractivity contribution in [3.8, 4) is 0 Å². The van der Waals surface area contributed by atoms with Crippen LogP contribution < -0.4 is 11.1 Å². The number of anilines is 2. The van der Waals surface area contributed by atoms with Crippen LogP contribution in [-0.2, 0) is 0 Å². The summed E-state index contributed by atoms with van der Waals surface area (Å²) in [5.74, 6) is -1.20. The maximum atomic E-state index is 13.3. The Labute approximate surface area is 119 Å². The molecule has 2 rings (SSSR count). The van der Waals surface area contributed by atoms with Gasteiger partial charge in [0.15, 0.2) is 0 Å². The number of hydrogen-bond acceptors (Lipinski definition) is 2. The molecular formula is C13H9Cl2FN2O. The average Bonchev–Trinajstić information content (AvgIpc) is 2.36. The summed E-state index contributed by atoms with van der Waals surface area (Å²) in [4.78, 5) is 12.0. The monoisotopic (exact) mass is 298 g/mol. The highest BCUT2D eigenvalue weighted by Crippen LogP contribution is 2.26. The van der Waals surface area contributed by atoms with Crippen molar-refractivity contribution in [2.45, 2.75) is 0 Å². The van der Waals surface area contributed by atoms with E-state index in [4.69, 9.17) is 28.9 Å². The zero-order valence-corrected chi connectivity index (χ0v) is 11.1. The van der Waals surface area contributed by atoms with E-state index in [-0.39, 0.29) is 10.6 Å². The minimum Gasteiger partial charge on any atom is -0.399 e. The second kappa shape index (κ2) is 5.47. The van der Waals surface area contributed by atoms with Crippen molar-refractivity contribution in [3.63, 3.8) is 0 Å². The number of amides is 1. The van der Waals surface area contributed by atoms with Gasteiger partial charge in [-0.3, -0.25) is 4.79 Å². The normalized spacial score (nSPS) is 10.3. The average molecular weight is 299 g/mol. The first-order chi connectivity index (χ1) is 8.99. The molecule has 0 heterocycles. The third-order valence-electron chi connectivity index (χ3n) is 2.44. The van der Waals surface area contributed by atoms with Gasteiger partial charge >= 0.3 is 0 Å². The summed E-state index contributed by atoms with van der Waals surface area (Å²) in [6.45, 7) is 0. The molecule has 0 aromatic heterocycles. The van der Waals surface area contributed by atoms with E-state index in [1.165, 1.54) is 24.3 Å². The third-order valence-corrected chi connectivity index (χ3v) is 3.13. The predicted octanol–water partition coefficient (Wildman–Crippen LogP) is 3.97.